The molecule has 0 saturated heterocycles. The first kappa shape index (κ1) is 13.4. The van der Waals surface area contributed by atoms with E-state index in [1.807, 2.05) is 0 Å². The van der Waals surface area contributed by atoms with Gasteiger partial charge in [0, 0.05) is 18.2 Å². The van der Waals surface area contributed by atoms with Crippen molar-refractivity contribution in [3.63, 3.8) is 0 Å². The Balaban J connectivity index is 2.10. The molecule has 0 aromatic heterocycles. The van der Waals surface area contributed by atoms with Crippen molar-refractivity contribution < 1.29 is 17.9 Å². The van der Waals surface area contributed by atoms with E-state index in [9.17, 15) is 13.2 Å². The Bertz CT molecular complexity index is 587. The van der Waals surface area contributed by atoms with Gasteiger partial charge in [0.15, 0.2) is 11.6 Å². The number of halogens is 3. The minimum absolute atomic E-state index is 0.000856. The highest BCUT2D eigenvalue weighted by Crippen LogP contribution is 2.20. The highest BCUT2D eigenvalue weighted by molar-refractivity contribution is 5.29. The molecule has 19 heavy (non-hydrogen) atoms. The van der Waals surface area contributed by atoms with E-state index in [4.69, 9.17) is 10.5 Å². The lowest BCUT2D eigenvalue weighted by atomic mass is 10.2. The van der Waals surface area contributed by atoms with Gasteiger partial charge in [-0.05, 0) is 29.8 Å². The topological polar surface area (TPSA) is 35.2 Å². The zero-order chi connectivity index (χ0) is 13.8. The summed E-state index contributed by atoms with van der Waals surface area (Å²) in [6.07, 6.45) is 0. The molecule has 0 saturated carbocycles. The minimum atomic E-state index is -0.723. The molecule has 0 aliphatic carbocycles. The lowest BCUT2D eigenvalue weighted by Crippen LogP contribution is -2.02. The average Bonchev–Trinajstić information content (AvgIpc) is 2.39. The average molecular weight is 267 g/mol. The van der Waals surface area contributed by atoms with Crippen molar-refractivity contribution in [3.05, 3.63) is 65.0 Å². The van der Waals surface area contributed by atoms with Crippen LogP contribution in [0.4, 0.5) is 13.2 Å². The normalized spacial score (nSPS) is 10.5. The van der Waals surface area contributed by atoms with Crippen molar-refractivity contribution >= 4 is 0 Å². The Morgan fingerprint density at radius 1 is 0.947 bits per heavy atom. The van der Waals surface area contributed by atoms with Crippen LogP contribution < -0.4 is 10.5 Å². The van der Waals surface area contributed by atoms with Crippen LogP contribution >= 0.6 is 0 Å². The summed E-state index contributed by atoms with van der Waals surface area (Å²) in [6.45, 7) is 0.0504. The van der Waals surface area contributed by atoms with Gasteiger partial charge in [0.05, 0.1) is 0 Å². The van der Waals surface area contributed by atoms with E-state index in [1.54, 1.807) is 6.07 Å². The van der Waals surface area contributed by atoms with Gasteiger partial charge >= 0.3 is 0 Å². The van der Waals surface area contributed by atoms with Crippen molar-refractivity contribution in [1.29, 1.82) is 0 Å². The SMILES string of the molecule is NCc1ccc(OCc2ccc(F)cc2F)c(F)c1. The highest BCUT2D eigenvalue weighted by Gasteiger charge is 2.08. The van der Waals surface area contributed by atoms with Gasteiger partial charge in [-0.25, -0.2) is 13.2 Å². The first-order valence-electron chi connectivity index (χ1n) is 5.65. The van der Waals surface area contributed by atoms with E-state index < -0.39 is 17.5 Å². The van der Waals surface area contributed by atoms with Crippen molar-refractivity contribution in [2.24, 2.45) is 5.73 Å². The number of hydrogen-bond acceptors (Lipinski definition) is 2. The van der Waals surface area contributed by atoms with E-state index >= 15 is 0 Å². The predicted molar refractivity (Wildman–Crippen MR) is 65.0 cm³/mol. The number of ether oxygens (including phenoxy) is 1. The summed E-state index contributed by atoms with van der Waals surface area (Å²) in [5.41, 5.74) is 6.17. The lowest BCUT2D eigenvalue weighted by Gasteiger charge is -2.09. The third-order valence-electron chi connectivity index (χ3n) is 2.63. The molecule has 0 spiro atoms. The molecular formula is C14H12F3NO. The largest absolute Gasteiger partial charge is 0.486 e. The number of benzene rings is 2. The van der Waals surface area contributed by atoms with Crippen LogP contribution in [0.15, 0.2) is 36.4 Å². The van der Waals surface area contributed by atoms with Crippen LogP contribution in [-0.4, -0.2) is 0 Å². The second kappa shape index (κ2) is 5.75. The first-order valence-corrected chi connectivity index (χ1v) is 5.65. The molecule has 2 aromatic rings. The fourth-order valence-corrected chi connectivity index (χ4v) is 1.58. The molecule has 2 rings (SSSR count). The standard InChI is InChI=1S/C14H12F3NO/c15-11-3-2-10(12(16)6-11)8-19-14-4-1-9(7-18)5-13(14)17/h1-6H,7-8,18H2. The summed E-state index contributed by atoms with van der Waals surface area (Å²) in [6, 6.07) is 7.45. The molecule has 0 atom stereocenters. The molecule has 100 valence electrons. The van der Waals surface area contributed by atoms with Crippen LogP contribution in [0.1, 0.15) is 11.1 Å². The molecule has 0 amide bonds. The van der Waals surface area contributed by atoms with Crippen LogP contribution in [0.3, 0.4) is 0 Å². The van der Waals surface area contributed by atoms with Gasteiger partial charge in [-0.3, -0.25) is 0 Å². The molecule has 5 heteroatoms. The Labute approximate surface area is 108 Å². The molecule has 0 unspecified atom stereocenters. The molecule has 2 nitrogen and oxygen atoms in total. The molecular weight excluding hydrogens is 255 g/mol. The van der Waals surface area contributed by atoms with E-state index in [0.717, 1.165) is 12.1 Å². The van der Waals surface area contributed by atoms with Crippen molar-refractivity contribution in [2.75, 3.05) is 0 Å². The van der Waals surface area contributed by atoms with E-state index in [0.29, 0.717) is 5.56 Å². The molecule has 0 bridgehead atoms. The summed E-state index contributed by atoms with van der Waals surface area (Å²) in [7, 11) is 0. The maximum atomic E-state index is 13.6. The fraction of sp³-hybridized carbons (Fsp3) is 0.143. The smallest absolute Gasteiger partial charge is 0.165 e. The van der Waals surface area contributed by atoms with Crippen LogP contribution in [0.5, 0.6) is 5.75 Å². The van der Waals surface area contributed by atoms with Gasteiger partial charge in [-0.15, -0.1) is 0 Å². The van der Waals surface area contributed by atoms with Crippen LogP contribution in [-0.2, 0) is 13.2 Å². The van der Waals surface area contributed by atoms with Crippen molar-refractivity contribution in [1.82, 2.24) is 0 Å². The first-order chi connectivity index (χ1) is 9.10. The molecule has 0 aliphatic rings. The molecule has 0 radical (unpaired) electrons. The van der Waals surface area contributed by atoms with Crippen LogP contribution in [0.2, 0.25) is 0 Å². The summed E-state index contributed by atoms with van der Waals surface area (Å²) < 4.78 is 44.8. The number of rotatable bonds is 4. The van der Waals surface area contributed by atoms with Gasteiger partial charge in [-0.2, -0.15) is 0 Å². The Hall–Kier alpha value is -2.01. The molecule has 0 heterocycles. The third kappa shape index (κ3) is 3.26. The maximum Gasteiger partial charge on any atom is 0.165 e. The number of nitrogens with two attached hydrogens (primary N) is 1. The van der Waals surface area contributed by atoms with Crippen LogP contribution in [0.25, 0.3) is 0 Å². The third-order valence-corrected chi connectivity index (χ3v) is 2.63. The van der Waals surface area contributed by atoms with Crippen LogP contribution in [0, 0.1) is 17.5 Å². The Morgan fingerprint density at radius 3 is 2.37 bits per heavy atom. The maximum absolute atomic E-state index is 13.6. The zero-order valence-electron chi connectivity index (χ0n) is 10.00. The van der Waals surface area contributed by atoms with Crippen molar-refractivity contribution in [2.45, 2.75) is 13.2 Å². The number of hydrogen-bond donors (Lipinski definition) is 1. The van der Waals surface area contributed by atoms with Gasteiger partial charge in [-0.1, -0.05) is 6.07 Å². The Morgan fingerprint density at radius 2 is 1.74 bits per heavy atom. The van der Waals surface area contributed by atoms with Gasteiger partial charge in [0.2, 0.25) is 0 Å². The van der Waals surface area contributed by atoms with Gasteiger partial charge in [0.25, 0.3) is 0 Å². The summed E-state index contributed by atoms with van der Waals surface area (Å²) >= 11 is 0. The zero-order valence-corrected chi connectivity index (χ0v) is 10.00. The quantitative estimate of drug-likeness (QED) is 0.923. The minimum Gasteiger partial charge on any atom is -0.486 e. The van der Waals surface area contributed by atoms with E-state index in [1.165, 1.54) is 18.2 Å². The molecule has 2 aromatic carbocycles. The van der Waals surface area contributed by atoms with E-state index in [-0.39, 0.29) is 24.5 Å². The monoisotopic (exact) mass is 267 g/mol. The summed E-state index contributed by atoms with van der Waals surface area (Å²) in [5, 5.41) is 0. The molecule has 0 aliphatic heterocycles. The Kier molecular flexibility index (Phi) is 4.06. The second-order valence-electron chi connectivity index (χ2n) is 3.99. The molecule has 0 fully saturated rings. The summed E-state index contributed by atoms with van der Waals surface area (Å²) in [5.74, 6) is -1.95. The van der Waals surface area contributed by atoms with E-state index in [2.05, 4.69) is 0 Å². The fourth-order valence-electron chi connectivity index (χ4n) is 1.58. The van der Waals surface area contributed by atoms with Crippen molar-refractivity contribution in [3.8, 4) is 5.75 Å². The lowest BCUT2D eigenvalue weighted by molar-refractivity contribution is 0.284. The predicted octanol–water partition coefficient (Wildman–Crippen LogP) is 3.14. The van der Waals surface area contributed by atoms with Gasteiger partial charge < -0.3 is 10.5 Å². The van der Waals surface area contributed by atoms with Gasteiger partial charge in [0.1, 0.15) is 18.2 Å². The highest BCUT2D eigenvalue weighted by atomic mass is 19.1. The molecule has 2 N–H and O–H groups in total. The summed E-state index contributed by atoms with van der Waals surface area (Å²) in [4.78, 5) is 0. The second-order valence-corrected chi connectivity index (χ2v) is 3.99.